The largest absolute Gasteiger partial charge is 0.338 e. The number of anilines is 1. The number of Topliss-reactive ketones (excluding diaryl/α,β-unsaturated/α-hetero) is 1. The Labute approximate surface area is 256 Å². The first-order valence-corrected chi connectivity index (χ1v) is 15.6. The maximum absolute atomic E-state index is 14.7. The molecular weight excluding hydrogens is 556 g/mol. The highest BCUT2D eigenvalue weighted by Gasteiger charge is 2.58. The van der Waals surface area contributed by atoms with E-state index in [1.54, 1.807) is 4.90 Å². The zero-order valence-corrected chi connectivity index (χ0v) is 25.2. The van der Waals surface area contributed by atoms with E-state index in [1.807, 2.05) is 115 Å². The van der Waals surface area contributed by atoms with Crippen LogP contribution in [-0.4, -0.2) is 59.7 Å². The lowest BCUT2D eigenvalue weighted by molar-refractivity contribution is -0.136. The van der Waals surface area contributed by atoms with E-state index in [-0.39, 0.29) is 11.7 Å². The number of thiophene rings is 1. The molecule has 3 amide bonds. The van der Waals surface area contributed by atoms with Crippen molar-refractivity contribution in [3.05, 3.63) is 124 Å². The van der Waals surface area contributed by atoms with E-state index in [1.165, 1.54) is 11.3 Å². The third kappa shape index (κ3) is 5.85. The third-order valence-electron chi connectivity index (χ3n) is 8.50. The van der Waals surface area contributed by atoms with Gasteiger partial charge in [0, 0.05) is 48.2 Å². The SMILES string of the molecule is Cc1ccc(C(=O)C2C(c3cccs3)C(C(=O)N3CCNCC3)N(C(=O)Nc3cccc(C)c3)C2c2ccccc2)cc1. The summed E-state index contributed by atoms with van der Waals surface area (Å²) < 4.78 is 0. The molecule has 2 aliphatic rings. The van der Waals surface area contributed by atoms with Crippen molar-refractivity contribution in [2.24, 2.45) is 5.92 Å². The third-order valence-corrected chi connectivity index (χ3v) is 9.48. The Balaban J connectivity index is 1.54. The van der Waals surface area contributed by atoms with Gasteiger partial charge in [0.1, 0.15) is 6.04 Å². The number of carbonyl (C=O) groups is 3. The molecule has 3 aromatic carbocycles. The standard InChI is InChI=1S/C35H36N4O3S/c1-23-13-15-26(16-14-23)33(40)30-29(28-12-7-21-43-28)32(34(41)38-19-17-36-18-20-38)39(31(30)25-9-4-3-5-10-25)35(42)37-27-11-6-8-24(2)22-27/h3-16,21-22,29-32,36H,17-20H2,1-2H3,(H,37,42). The van der Waals surface area contributed by atoms with Crippen molar-refractivity contribution in [3.63, 3.8) is 0 Å². The average molecular weight is 593 g/mol. The van der Waals surface area contributed by atoms with Gasteiger partial charge in [-0.15, -0.1) is 11.3 Å². The molecule has 4 atom stereocenters. The first kappa shape index (κ1) is 28.8. The fourth-order valence-electron chi connectivity index (χ4n) is 6.47. The van der Waals surface area contributed by atoms with Crippen LogP contribution in [0, 0.1) is 19.8 Å². The van der Waals surface area contributed by atoms with E-state index >= 15 is 0 Å². The van der Waals surface area contributed by atoms with E-state index in [4.69, 9.17) is 0 Å². The summed E-state index contributed by atoms with van der Waals surface area (Å²) in [6, 6.07) is 26.9. The molecule has 1 aromatic heterocycles. The summed E-state index contributed by atoms with van der Waals surface area (Å²) in [5.74, 6) is -1.40. The Morgan fingerprint density at radius 2 is 1.58 bits per heavy atom. The number of piperazine rings is 1. The number of carbonyl (C=O) groups excluding carboxylic acids is 3. The highest BCUT2D eigenvalue weighted by molar-refractivity contribution is 7.10. The summed E-state index contributed by atoms with van der Waals surface area (Å²) in [6.45, 7) is 6.43. The molecule has 6 rings (SSSR count). The Morgan fingerprint density at radius 3 is 2.26 bits per heavy atom. The quantitative estimate of drug-likeness (QED) is 0.268. The number of hydrogen-bond acceptors (Lipinski definition) is 5. The van der Waals surface area contributed by atoms with Crippen molar-refractivity contribution >= 4 is 34.7 Å². The van der Waals surface area contributed by atoms with Crippen LogP contribution in [0.2, 0.25) is 0 Å². The van der Waals surface area contributed by atoms with Gasteiger partial charge in [-0.1, -0.05) is 78.4 Å². The number of nitrogens with zero attached hydrogens (tertiary/aromatic N) is 2. The smallest absolute Gasteiger partial charge is 0.323 e. The molecule has 0 spiro atoms. The van der Waals surface area contributed by atoms with E-state index in [0.717, 1.165) is 21.6 Å². The number of benzene rings is 3. The number of aryl methyl sites for hydroxylation is 2. The molecule has 7 nitrogen and oxygen atoms in total. The summed E-state index contributed by atoms with van der Waals surface area (Å²) >= 11 is 1.53. The van der Waals surface area contributed by atoms with Crippen molar-refractivity contribution in [1.82, 2.24) is 15.1 Å². The maximum atomic E-state index is 14.7. The highest BCUT2D eigenvalue weighted by atomic mass is 32.1. The van der Waals surface area contributed by atoms with Gasteiger partial charge in [0.05, 0.1) is 12.0 Å². The molecule has 4 unspecified atom stereocenters. The minimum absolute atomic E-state index is 0.0729. The Morgan fingerprint density at radius 1 is 0.837 bits per heavy atom. The van der Waals surface area contributed by atoms with Crippen LogP contribution >= 0.6 is 11.3 Å². The van der Waals surface area contributed by atoms with Crippen LogP contribution in [-0.2, 0) is 4.79 Å². The topological polar surface area (TPSA) is 81.8 Å². The van der Waals surface area contributed by atoms with Crippen LogP contribution in [0.5, 0.6) is 0 Å². The fourth-order valence-corrected chi connectivity index (χ4v) is 7.37. The van der Waals surface area contributed by atoms with Crippen LogP contribution in [0.25, 0.3) is 0 Å². The Kier molecular flexibility index (Phi) is 8.40. The lowest BCUT2D eigenvalue weighted by Crippen LogP contribution is -2.55. The molecule has 0 saturated carbocycles. The summed E-state index contributed by atoms with van der Waals surface area (Å²) in [4.78, 5) is 48.2. The summed E-state index contributed by atoms with van der Waals surface area (Å²) in [7, 11) is 0. The minimum atomic E-state index is -0.869. The van der Waals surface area contributed by atoms with Crippen molar-refractivity contribution in [2.75, 3.05) is 31.5 Å². The number of rotatable bonds is 6. The second kappa shape index (κ2) is 12.5. The predicted octanol–water partition coefficient (Wildman–Crippen LogP) is 6.04. The van der Waals surface area contributed by atoms with Gasteiger partial charge in [-0.25, -0.2) is 4.79 Å². The second-order valence-electron chi connectivity index (χ2n) is 11.4. The van der Waals surface area contributed by atoms with Gasteiger partial charge in [0.25, 0.3) is 0 Å². The minimum Gasteiger partial charge on any atom is -0.338 e. The van der Waals surface area contributed by atoms with Gasteiger partial charge in [-0.3, -0.25) is 9.59 Å². The van der Waals surface area contributed by atoms with Crippen molar-refractivity contribution in [1.29, 1.82) is 0 Å². The molecular formula is C35H36N4O3S. The first-order chi connectivity index (χ1) is 20.9. The molecule has 43 heavy (non-hydrogen) atoms. The van der Waals surface area contributed by atoms with Gasteiger partial charge < -0.3 is 20.4 Å². The molecule has 220 valence electrons. The van der Waals surface area contributed by atoms with E-state index in [9.17, 15) is 14.4 Å². The summed E-state index contributed by atoms with van der Waals surface area (Å²) in [5, 5.41) is 8.37. The zero-order chi connectivity index (χ0) is 29.9. The number of amides is 3. The zero-order valence-electron chi connectivity index (χ0n) is 24.4. The van der Waals surface area contributed by atoms with Crippen LogP contribution < -0.4 is 10.6 Å². The molecule has 2 N–H and O–H groups in total. The Bertz CT molecular complexity index is 1580. The van der Waals surface area contributed by atoms with Crippen molar-refractivity contribution < 1.29 is 14.4 Å². The van der Waals surface area contributed by atoms with Gasteiger partial charge in [0.15, 0.2) is 5.78 Å². The summed E-state index contributed by atoms with van der Waals surface area (Å²) in [5.41, 5.74) is 4.11. The molecule has 3 heterocycles. The fraction of sp³-hybridized carbons (Fsp3) is 0.286. The number of hydrogen-bond donors (Lipinski definition) is 2. The predicted molar refractivity (Wildman–Crippen MR) is 171 cm³/mol. The van der Waals surface area contributed by atoms with Gasteiger partial charge in [0.2, 0.25) is 5.91 Å². The Hall–Kier alpha value is -4.27. The van der Waals surface area contributed by atoms with Crippen LogP contribution in [0.15, 0.2) is 96.4 Å². The van der Waals surface area contributed by atoms with Crippen molar-refractivity contribution in [2.45, 2.75) is 31.8 Å². The molecule has 2 saturated heterocycles. The first-order valence-electron chi connectivity index (χ1n) is 14.8. The van der Waals surface area contributed by atoms with E-state index < -0.39 is 30.0 Å². The number of ketones is 1. The number of likely N-dealkylation sites (tertiary alicyclic amines) is 1. The molecule has 8 heteroatoms. The lowest BCUT2D eigenvalue weighted by Gasteiger charge is -2.36. The number of urea groups is 1. The monoisotopic (exact) mass is 592 g/mol. The van der Waals surface area contributed by atoms with E-state index in [0.29, 0.717) is 37.4 Å². The molecule has 2 aliphatic heterocycles. The van der Waals surface area contributed by atoms with Crippen LogP contribution in [0.3, 0.4) is 0 Å². The molecule has 2 fully saturated rings. The van der Waals surface area contributed by atoms with Crippen LogP contribution in [0.1, 0.15) is 43.9 Å². The normalized spacial score (nSPS) is 21.9. The molecule has 0 aliphatic carbocycles. The van der Waals surface area contributed by atoms with Gasteiger partial charge >= 0.3 is 6.03 Å². The molecule has 0 radical (unpaired) electrons. The maximum Gasteiger partial charge on any atom is 0.323 e. The van der Waals surface area contributed by atoms with Crippen LogP contribution in [0.4, 0.5) is 10.5 Å². The van der Waals surface area contributed by atoms with E-state index in [2.05, 4.69) is 10.6 Å². The molecule has 0 bridgehead atoms. The highest BCUT2D eigenvalue weighted by Crippen LogP contribution is 2.52. The van der Waals surface area contributed by atoms with Crippen molar-refractivity contribution in [3.8, 4) is 0 Å². The molecule has 4 aromatic rings. The average Bonchev–Trinajstić information content (AvgIpc) is 3.68. The second-order valence-corrected chi connectivity index (χ2v) is 12.4. The summed E-state index contributed by atoms with van der Waals surface area (Å²) in [6.07, 6.45) is 0. The lowest BCUT2D eigenvalue weighted by atomic mass is 9.78. The van der Waals surface area contributed by atoms with Gasteiger partial charge in [-0.05, 0) is 48.6 Å². The number of nitrogens with one attached hydrogen (secondary N) is 2. The van der Waals surface area contributed by atoms with Gasteiger partial charge in [-0.2, -0.15) is 0 Å².